The Bertz CT molecular complexity index is 606. The maximum absolute atomic E-state index is 12.2. The van der Waals surface area contributed by atoms with Crippen molar-refractivity contribution >= 4 is 15.8 Å². The molecule has 0 aliphatic rings. The van der Waals surface area contributed by atoms with E-state index in [0.29, 0.717) is 43.6 Å². The average molecular weight is 386 g/mol. The molecule has 1 aromatic rings. The summed E-state index contributed by atoms with van der Waals surface area (Å²) >= 11 is 0. The van der Waals surface area contributed by atoms with Gasteiger partial charge >= 0.3 is 0 Å². The van der Waals surface area contributed by atoms with E-state index < -0.39 is 9.84 Å². The lowest BCUT2D eigenvalue weighted by Crippen LogP contribution is -2.38. The molecule has 0 fully saturated rings. The third-order valence-corrected chi connectivity index (χ3v) is 5.29. The van der Waals surface area contributed by atoms with Gasteiger partial charge in [-0.15, -0.1) is 0 Å². The number of nitrogens with zero attached hydrogens (tertiary/aromatic N) is 1. The smallest absolute Gasteiger partial charge is 0.191 e. The number of aliphatic imine (C=N–C) groups is 1. The zero-order valence-corrected chi connectivity index (χ0v) is 16.6. The predicted molar refractivity (Wildman–Crippen MR) is 104 cm³/mol. The molecule has 0 bridgehead atoms. The van der Waals surface area contributed by atoms with E-state index in [1.807, 2.05) is 6.92 Å². The van der Waals surface area contributed by atoms with Crippen LogP contribution < -0.4 is 10.6 Å². The zero-order valence-electron chi connectivity index (χ0n) is 15.7. The first-order chi connectivity index (χ1) is 12.6. The molecular formula is C18H31N3O4S. The standard InChI is InChI=1S/C18H31N3O4S/c1-3-19-18(20-11-7-13-25-15-14-24-2)21-12-8-16-26(22,23)17-9-5-4-6-10-17/h4-6,9-10H,3,7-8,11-16H2,1-2H3,(H2,19,20,21). The lowest BCUT2D eigenvalue weighted by molar-refractivity contribution is 0.0698. The van der Waals surface area contributed by atoms with Crippen LogP contribution in [-0.2, 0) is 19.3 Å². The van der Waals surface area contributed by atoms with Gasteiger partial charge < -0.3 is 20.1 Å². The van der Waals surface area contributed by atoms with Crippen LogP contribution in [0.2, 0.25) is 0 Å². The van der Waals surface area contributed by atoms with E-state index in [9.17, 15) is 8.42 Å². The van der Waals surface area contributed by atoms with Crippen molar-refractivity contribution in [2.24, 2.45) is 4.99 Å². The van der Waals surface area contributed by atoms with Crippen molar-refractivity contribution in [3.05, 3.63) is 30.3 Å². The van der Waals surface area contributed by atoms with E-state index in [1.165, 1.54) is 0 Å². The highest BCUT2D eigenvalue weighted by Gasteiger charge is 2.12. The Morgan fingerprint density at radius 2 is 1.85 bits per heavy atom. The van der Waals surface area contributed by atoms with Crippen LogP contribution >= 0.6 is 0 Å². The van der Waals surface area contributed by atoms with Crippen LogP contribution in [0.15, 0.2) is 40.2 Å². The van der Waals surface area contributed by atoms with Crippen molar-refractivity contribution in [3.63, 3.8) is 0 Å². The number of guanidine groups is 1. The second kappa shape index (κ2) is 13.5. The Morgan fingerprint density at radius 1 is 1.08 bits per heavy atom. The molecule has 8 heteroatoms. The lowest BCUT2D eigenvalue weighted by Gasteiger charge is -2.11. The first-order valence-corrected chi connectivity index (χ1v) is 10.6. The normalized spacial score (nSPS) is 12.2. The SMILES string of the molecule is CCNC(=NCCCS(=O)(=O)c1ccccc1)NCCCOCCOC. The first-order valence-electron chi connectivity index (χ1n) is 8.97. The Kier molecular flexibility index (Phi) is 11.7. The molecule has 0 saturated carbocycles. The molecule has 26 heavy (non-hydrogen) atoms. The molecule has 0 heterocycles. The summed E-state index contributed by atoms with van der Waals surface area (Å²) in [7, 11) is -1.59. The largest absolute Gasteiger partial charge is 0.382 e. The quantitative estimate of drug-likeness (QED) is 0.304. The van der Waals surface area contributed by atoms with Crippen molar-refractivity contribution in [1.82, 2.24) is 10.6 Å². The van der Waals surface area contributed by atoms with Gasteiger partial charge in [-0.25, -0.2) is 8.42 Å². The van der Waals surface area contributed by atoms with E-state index in [4.69, 9.17) is 9.47 Å². The molecule has 0 atom stereocenters. The lowest BCUT2D eigenvalue weighted by atomic mass is 10.4. The van der Waals surface area contributed by atoms with E-state index in [2.05, 4.69) is 15.6 Å². The maximum Gasteiger partial charge on any atom is 0.191 e. The number of methoxy groups -OCH3 is 1. The average Bonchev–Trinajstić information content (AvgIpc) is 2.65. The van der Waals surface area contributed by atoms with Gasteiger partial charge in [0.1, 0.15) is 0 Å². The van der Waals surface area contributed by atoms with Gasteiger partial charge in [0.25, 0.3) is 0 Å². The molecule has 0 unspecified atom stereocenters. The molecule has 0 spiro atoms. The van der Waals surface area contributed by atoms with Crippen LogP contribution in [0.5, 0.6) is 0 Å². The van der Waals surface area contributed by atoms with Crippen molar-refractivity contribution in [2.45, 2.75) is 24.7 Å². The number of rotatable bonds is 13. The van der Waals surface area contributed by atoms with Gasteiger partial charge in [-0.3, -0.25) is 4.99 Å². The Labute approximate surface area is 157 Å². The fraction of sp³-hybridized carbons (Fsp3) is 0.611. The summed E-state index contributed by atoms with van der Waals surface area (Å²) in [5, 5.41) is 6.37. The number of hydrogen-bond acceptors (Lipinski definition) is 5. The second-order valence-corrected chi connectivity index (χ2v) is 7.74. The van der Waals surface area contributed by atoms with E-state index in [1.54, 1.807) is 37.4 Å². The molecule has 7 nitrogen and oxygen atoms in total. The molecule has 0 amide bonds. The topological polar surface area (TPSA) is 89.0 Å². The minimum absolute atomic E-state index is 0.0905. The van der Waals surface area contributed by atoms with Crippen LogP contribution in [0.25, 0.3) is 0 Å². The van der Waals surface area contributed by atoms with Crippen molar-refractivity contribution in [2.75, 3.05) is 52.3 Å². The van der Waals surface area contributed by atoms with Crippen molar-refractivity contribution in [3.8, 4) is 0 Å². The third-order valence-electron chi connectivity index (χ3n) is 3.48. The van der Waals surface area contributed by atoms with Crippen LogP contribution in [0.1, 0.15) is 19.8 Å². The number of sulfone groups is 1. The third kappa shape index (κ3) is 9.74. The highest BCUT2D eigenvalue weighted by molar-refractivity contribution is 7.91. The summed E-state index contributed by atoms with van der Waals surface area (Å²) in [6.07, 6.45) is 1.34. The van der Waals surface area contributed by atoms with Crippen LogP contribution in [0.3, 0.4) is 0 Å². The molecule has 0 aliphatic heterocycles. The van der Waals surface area contributed by atoms with Crippen LogP contribution in [0.4, 0.5) is 0 Å². The highest BCUT2D eigenvalue weighted by Crippen LogP contribution is 2.10. The molecule has 0 aromatic heterocycles. The maximum atomic E-state index is 12.2. The summed E-state index contributed by atoms with van der Waals surface area (Å²) in [4.78, 5) is 4.79. The number of nitrogens with one attached hydrogen (secondary N) is 2. The molecule has 0 radical (unpaired) electrons. The summed E-state index contributed by atoms with van der Waals surface area (Å²) in [5.74, 6) is 0.786. The molecular weight excluding hydrogens is 354 g/mol. The Morgan fingerprint density at radius 3 is 2.54 bits per heavy atom. The second-order valence-electron chi connectivity index (χ2n) is 5.63. The molecule has 1 rings (SSSR count). The minimum atomic E-state index is -3.24. The number of hydrogen-bond donors (Lipinski definition) is 2. The summed E-state index contributed by atoms with van der Waals surface area (Å²) < 4.78 is 34.8. The van der Waals surface area contributed by atoms with E-state index >= 15 is 0 Å². The number of ether oxygens (including phenoxy) is 2. The summed E-state index contributed by atoms with van der Waals surface area (Å²) in [6.45, 7) is 5.78. The van der Waals surface area contributed by atoms with Crippen molar-refractivity contribution in [1.29, 1.82) is 0 Å². The molecule has 1 aromatic carbocycles. The highest BCUT2D eigenvalue weighted by atomic mass is 32.2. The van der Waals surface area contributed by atoms with E-state index in [0.717, 1.165) is 19.5 Å². The minimum Gasteiger partial charge on any atom is -0.382 e. The summed E-state index contributed by atoms with van der Waals surface area (Å²) in [6, 6.07) is 8.52. The predicted octanol–water partition coefficient (Wildman–Crippen LogP) is 1.46. The van der Waals surface area contributed by atoms with Gasteiger partial charge in [0, 0.05) is 33.4 Å². The number of benzene rings is 1. The van der Waals surface area contributed by atoms with Gasteiger partial charge in [-0.05, 0) is 31.9 Å². The molecule has 0 saturated heterocycles. The monoisotopic (exact) mass is 385 g/mol. The van der Waals surface area contributed by atoms with Crippen LogP contribution in [-0.4, -0.2) is 66.7 Å². The summed E-state index contributed by atoms with van der Waals surface area (Å²) in [5.41, 5.74) is 0. The fourth-order valence-corrected chi connectivity index (χ4v) is 3.47. The van der Waals surface area contributed by atoms with Gasteiger partial charge in [-0.2, -0.15) is 0 Å². The molecule has 0 aliphatic carbocycles. The van der Waals surface area contributed by atoms with Gasteiger partial charge in [0.2, 0.25) is 0 Å². The molecule has 148 valence electrons. The van der Waals surface area contributed by atoms with Crippen molar-refractivity contribution < 1.29 is 17.9 Å². The van der Waals surface area contributed by atoms with Gasteiger partial charge in [0.15, 0.2) is 15.8 Å². The first kappa shape index (κ1) is 22.4. The fourth-order valence-electron chi connectivity index (χ4n) is 2.16. The van der Waals surface area contributed by atoms with Crippen LogP contribution in [0, 0.1) is 0 Å². The molecule has 2 N–H and O–H groups in total. The van der Waals surface area contributed by atoms with E-state index in [-0.39, 0.29) is 5.75 Å². The van der Waals surface area contributed by atoms with Gasteiger partial charge in [-0.1, -0.05) is 18.2 Å². The zero-order chi connectivity index (χ0) is 19.1. The Balaban J connectivity index is 2.30. The van der Waals surface area contributed by atoms with Gasteiger partial charge in [0.05, 0.1) is 23.9 Å². The Hall–Kier alpha value is -1.64.